The second kappa shape index (κ2) is 6.29. The van der Waals surface area contributed by atoms with Gasteiger partial charge in [0.1, 0.15) is 0 Å². The minimum Gasteiger partial charge on any atom is -0.291 e. The van der Waals surface area contributed by atoms with Crippen LogP contribution in [0.5, 0.6) is 0 Å². The summed E-state index contributed by atoms with van der Waals surface area (Å²) in [6, 6.07) is 17.0. The van der Waals surface area contributed by atoms with Crippen molar-refractivity contribution in [2.45, 2.75) is 20.0 Å². The Morgan fingerprint density at radius 2 is 1.55 bits per heavy atom. The van der Waals surface area contributed by atoms with Gasteiger partial charge in [-0.25, -0.2) is 4.39 Å². The Morgan fingerprint density at radius 1 is 1.00 bits per heavy atom. The van der Waals surface area contributed by atoms with Crippen molar-refractivity contribution in [3.05, 3.63) is 77.4 Å². The molecule has 0 amide bonds. The van der Waals surface area contributed by atoms with Gasteiger partial charge in [0.05, 0.1) is 0 Å². The van der Waals surface area contributed by atoms with Crippen LogP contribution in [0.1, 0.15) is 35.3 Å². The molecule has 0 radical (unpaired) electrons. The monoisotopic (exact) mass is 268 g/mol. The van der Waals surface area contributed by atoms with E-state index in [-0.39, 0.29) is 0 Å². The van der Waals surface area contributed by atoms with E-state index in [1.54, 1.807) is 12.1 Å². The van der Waals surface area contributed by atoms with Crippen molar-refractivity contribution in [2.75, 3.05) is 0 Å². The zero-order chi connectivity index (χ0) is 14.5. The van der Waals surface area contributed by atoms with Crippen LogP contribution in [-0.2, 0) is 0 Å². The minimum atomic E-state index is -1.50. The van der Waals surface area contributed by atoms with E-state index in [1.807, 2.05) is 55.5 Å². The first kappa shape index (κ1) is 14.2. The fraction of sp³-hybridized carbons (Fsp3) is 0.167. The van der Waals surface area contributed by atoms with E-state index in [9.17, 15) is 9.18 Å². The van der Waals surface area contributed by atoms with E-state index < -0.39 is 12.0 Å². The summed E-state index contributed by atoms with van der Waals surface area (Å²) < 4.78 is 13.4. The van der Waals surface area contributed by atoms with Crippen LogP contribution in [0.15, 0.2) is 60.7 Å². The van der Waals surface area contributed by atoms with Crippen LogP contribution >= 0.6 is 0 Å². The fourth-order valence-corrected chi connectivity index (χ4v) is 2.24. The van der Waals surface area contributed by atoms with Gasteiger partial charge in [-0.2, -0.15) is 0 Å². The number of hydrogen-bond acceptors (Lipinski definition) is 1. The molecule has 0 fully saturated rings. The van der Waals surface area contributed by atoms with Crippen molar-refractivity contribution in [3.63, 3.8) is 0 Å². The number of halogens is 1. The van der Waals surface area contributed by atoms with E-state index in [0.717, 1.165) is 16.7 Å². The van der Waals surface area contributed by atoms with Crippen molar-refractivity contribution in [3.8, 4) is 0 Å². The molecule has 102 valence electrons. The van der Waals surface area contributed by atoms with Crippen molar-refractivity contribution in [1.82, 2.24) is 0 Å². The summed E-state index contributed by atoms with van der Waals surface area (Å²) in [5.41, 5.74) is 3.16. The molecule has 0 saturated heterocycles. The maximum atomic E-state index is 13.4. The summed E-state index contributed by atoms with van der Waals surface area (Å²) in [5, 5.41) is 0. The predicted molar refractivity (Wildman–Crippen MR) is 80.5 cm³/mol. The zero-order valence-corrected chi connectivity index (χ0v) is 11.6. The molecule has 1 unspecified atom stereocenters. The van der Waals surface area contributed by atoms with Gasteiger partial charge in [0.25, 0.3) is 0 Å². The van der Waals surface area contributed by atoms with Crippen LogP contribution < -0.4 is 0 Å². The highest BCUT2D eigenvalue weighted by Crippen LogP contribution is 2.27. The van der Waals surface area contributed by atoms with Crippen LogP contribution in [-0.4, -0.2) is 12.0 Å². The van der Waals surface area contributed by atoms with Gasteiger partial charge in [-0.1, -0.05) is 60.7 Å². The molecule has 0 saturated carbocycles. The number of ketones is 1. The second-order valence-corrected chi connectivity index (χ2v) is 4.59. The Labute approximate surface area is 118 Å². The van der Waals surface area contributed by atoms with E-state index in [4.69, 9.17) is 0 Å². The minimum absolute atomic E-state index is 0.430. The molecular formula is C18H17FO. The first-order valence-corrected chi connectivity index (χ1v) is 6.64. The topological polar surface area (TPSA) is 17.1 Å². The maximum Gasteiger partial charge on any atom is 0.197 e. The number of alkyl halides is 1. The van der Waals surface area contributed by atoms with Crippen molar-refractivity contribution < 1.29 is 9.18 Å². The van der Waals surface area contributed by atoms with Crippen molar-refractivity contribution in [1.29, 1.82) is 0 Å². The molecule has 0 aliphatic carbocycles. The first-order valence-electron chi connectivity index (χ1n) is 6.64. The molecule has 0 aliphatic heterocycles. The molecule has 1 nitrogen and oxygen atoms in total. The van der Waals surface area contributed by atoms with E-state index in [0.29, 0.717) is 5.56 Å². The van der Waals surface area contributed by atoms with Crippen molar-refractivity contribution >= 4 is 11.4 Å². The number of allylic oxidation sites excluding steroid dienone is 1. The summed E-state index contributed by atoms with van der Waals surface area (Å²) in [4.78, 5) is 12.0. The molecule has 2 aromatic carbocycles. The number of benzene rings is 2. The van der Waals surface area contributed by atoms with Gasteiger partial charge in [0.2, 0.25) is 0 Å². The normalized spacial score (nSPS) is 13.1. The highest BCUT2D eigenvalue weighted by molar-refractivity contribution is 6.04. The number of carbonyl (C=O) groups excluding carboxylic acids is 1. The SMILES string of the molecule is CC=C(c1ccccc1)c1ccccc1C(=O)C(C)F. The van der Waals surface area contributed by atoms with E-state index in [2.05, 4.69) is 0 Å². The zero-order valence-electron chi connectivity index (χ0n) is 11.6. The molecule has 1 atom stereocenters. The van der Waals surface area contributed by atoms with Crippen LogP contribution in [0.3, 0.4) is 0 Å². The number of rotatable bonds is 4. The third kappa shape index (κ3) is 2.85. The molecule has 0 N–H and O–H groups in total. The average Bonchev–Trinajstić information content (AvgIpc) is 2.49. The van der Waals surface area contributed by atoms with E-state index in [1.165, 1.54) is 6.92 Å². The van der Waals surface area contributed by atoms with Crippen LogP contribution in [0, 0.1) is 0 Å². The Balaban J connectivity index is 2.55. The average molecular weight is 268 g/mol. The molecule has 20 heavy (non-hydrogen) atoms. The predicted octanol–water partition coefficient (Wildman–Crippen LogP) is 4.68. The van der Waals surface area contributed by atoms with Gasteiger partial charge in [0, 0.05) is 5.56 Å². The molecule has 2 rings (SSSR count). The van der Waals surface area contributed by atoms with Crippen LogP contribution in [0.25, 0.3) is 5.57 Å². The van der Waals surface area contributed by atoms with Gasteiger partial charge in [-0.15, -0.1) is 0 Å². The third-order valence-corrected chi connectivity index (χ3v) is 3.22. The van der Waals surface area contributed by atoms with Gasteiger partial charge >= 0.3 is 0 Å². The van der Waals surface area contributed by atoms with Gasteiger partial charge in [-0.05, 0) is 30.5 Å². The van der Waals surface area contributed by atoms with Gasteiger partial charge in [0.15, 0.2) is 12.0 Å². The van der Waals surface area contributed by atoms with Crippen LogP contribution in [0.4, 0.5) is 4.39 Å². The largest absolute Gasteiger partial charge is 0.291 e. The lowest BCUT2D eigenvalue weighted by atomic mass is 9.91. The Morgan fingerprint density at radius 3 is 2.10 bits per heavy atom. The lowest BCUT2D eigenvalue weighted by molar-refractivity contribution is 0.0892. The molecule has 0 aromatic heterocycles. The molecule has 2 heteroatoms. The van der Waals surface area contributed by atoms with Crippen molar-refractivity contribution in [2.24, 2.45) is 0 Å². The quantitative estimate of drug-likeness (QED) is 0.736. The molecule has 0 spiro atoms. The van der Waals surface area contributed by atoms with Gasteiger partial charge in [-0.3, -0.25) is 4.79 Å². The fourth-order valence-electron chi connectivity index (χ4n) is 2.24. The highest BCUT2D eigenvalue weighted by Gasteiger charge is 2.19. The number of hydrogen-bond donors (Lipinski definition) is 0. The molecule has 0 aliphatic rings. The smallest absolute Gasteiger partial charge is 0.197 e. The maximum absolute atomic E-state index is 13.4. The summed E-state index contributed by atoms with van der Waals surface area (Å²) in [5.74, 6) is -0.476. The lowest BCUT2D eigenvalue weighted by Crippen LogP contribution is -2.13. The molecule has 0 heterocycles. The molecular weight excluding hydrogens is 251 g/mol. The first-order chi connectivity index (χ1) is 9.65. The second-order valence-electron chi connectivity index (χ2n) is 4.59. The number of carbonyl (C=O) groups is 1. The number of Topliss-reactive ketones (excluding diaryl/α,β-unsaturated/α-hetero) is 1. The summed E-state index contributed by atoms with van der Waals surface area (Å²) in [6.45, 7) is 3.19. The Bertz CT molecular complexity index is 627. The Hall–Kier alpha value is -2.22. The lowest BCUT2D eigenvalue weighted by Gasteiger charge is -2.13. The standard InChI is InChI=1S/C18H17FO/c1-3-15(14-9-5-4-6-10-14)16-11-7-8-12-17(16)18(20)13(2)19/h3-13H,1-2H3. The van der Waals surface area contributed by atoms with E-state index >= 15 is 0 Å². The highest BCUT2D eigenvalue weighted by atomic mass is 19.1. The van der Waals surface area contributed by atoms with Gasteiger partial charge < -0.3 is 0 Å². The van der Waals surface area contributed by atoms with Crippen LogP contribution in [0.2, 0.25) is 0 Å². The summed E-state index contributed by atoms with van der Waals surface area (Å²) in [6.07, 6.45) is 0.453. The molecule has 2 aromatic rings. The summed E-state index contributed by atoms with van der Waals surface area (Å²) >= 11 is 0. The Kier molecular flexibility index (Phi) is 4.46. The molecule has 0 bridgehead atoms. The third-order valence-electron chi connectivity index (χ3n) is 3.22. The summed E-state index contributed by atoms with van der Waals surface area (Å²) in [7, 11) is 0.